The Hall–Kier alpha value is -3.35. The van der Waals surface area contributed by atoms with Crippen molar-refractivity contribution in [1.29, 1.82) is 0 Å². The second kappa shape index (κ2) is 11.9. The summed E-state index contributed by atoms with van der Waals surface area (Å²) in [5.74, 6) is -2.25. The number of nitrogens with zero attached hydrogens (tertiary/aromatic N) is 1. The van der Waals surface area contributed by atoms with Crippen LogP contribution in [0.3, 0.4) is 0 Å². The zero-order chi connectivity index (χ0) is 25.5. The first-order valence-corrected chi connectivity index (χ1v) is 10.9. The van der Waals surface area contributed by atoms with Crippen molar-refractivity contribution < 1.29 is 44.3 Å². The molecule has 1 saturated heterocycles. The van der Waals surface area contributed by atoms with Gasteiger partial charge < -0.3 is 35.2 Å². The van der Waals surface area contributed by atoms with E-state index >= 15 is 0 Å². The molecular weight excluding hydrogens is 460 g/mol. The van der Waals surface area contributed by atoms with Crippen LogP contribution in [0.25, 0.3) is 0 Å². The number of carbonyl (C=O) groups is 3. The molecule has 1 fully saturated rings. The monoisotopic (exact) mass is 488 g/mol. The largest absolute Gasteiger partial charge is 0.468 e. The second-order valence-corrected chi connectivity index (χ2v) is 7.91. The quantitative estimate of drug-likeness (QED) is 0.292. The maximum atomic E-state index is 13.7. The average Bonchev–Trinajstić information content (AvgIpc) is 2.90. The molecule has 0 aromatic heterocycles. The van der Waals surface area contributed by atoms with E-state index in [1.807, 2.05) is 0 Å². The first kappa shape index (κ1) is 26.3. The smallest absolute Gasteiger partial charge is 0.325 e. The van der Waals surface area contributed by atoms with E-state index in [0.29, 0.717) is 5.56 Å². The van der Waals surface area contributed by atoms with Gasteiger partial charge in [0.25, 0.3) is 5.91 Å². The van der Waals surface area contributed by atoms with E-state index in [0.717, 1.165) is 12.0 Å². The van der Waals surface area contributed by atoms with Gasteiger partial charge in [0.1, 0.15) is 37.0 Å². The number of benzene rings is 2. The molecule has 5 N–H and O–H groups in total. The normalized spacial score (nSPS) is 24.8. The summed E-state index contributed by atoms with van der Waals surface area (Å²) in [4.78, 5) is 39.7. The molecule has 35 heavy (non-hydrogen) atoms. The Morgan fingerprint density at radius 1 is 0.971 bits per heavy atom. The van der Waals surface area contributed by atoms with E-state index in [-0.39, 0.29) is 5.56 Å². The van der Waals surface area contributed by atoms with Crippen LogP contribution in [0.4, 0.5) is 0 Å². The summed E-state index contributed by atoms with van der Waals surface area (Å²) >= 11 is 0. The van der Waals surface area contributed by atoms with Gasteiger partial charge in [-0.1, -0.05) is 48.5 Å². The summed E-state index contributed by atoms with van der Waals surface area (Å²) in [7, 11) is 1.16. The van der Waals surface area contributed by atoms with Gasteiger partial charge in [-0.25, -0.2) is 0 Å². The first-order chi connectivity index (χ1) is 16.8. The fraction of sp³-hybridized carbons (Fsp3) is 0.375. The molecule has 0 saturated carbocycles. The minimum Gasteiger partial charge on any atom is -0.468 e. The minimum atomic E-state index is -1.83. The maximum Gasteiger partial charge on any atom is 0.325 e. The number of ether oxygens (including phenoxy) is 2. The van der Waals surface area contributed by atoms with Gasteiger partial charge in [0.2, 0.25) is 5.91 Å². The van der Waals surface area contributed by atoms with Crippen LogP contribution in [0.5, 0.6) is 0 Å². The summed E-state index contributed by atoms with van der Waals surface area (Å²) in [6.45, 7) is -1.21. The van der Waals surface area contributed by atoms with Crippen molar-refractivity contribution in [2.45, 2.75) is 36.7 Å². The Labute approximate surface area is 201 Å². The molecule has 2 aromatic rings. The van der Waals surface area contributed by atoms with E-state index in [9.17, 15) is 34.8 Å². The molecule has 0 radical (unpaired) electrons. The van der Waals surface area contributed by atoms with Gasteiger partial charge in [-0.15, -0.1) is 0 Å². The third-order valence-electron chi connectivity index (χ3n) is 5.67. The topological polar surface area (TPSA) is 166 Å². The molecule has 0 aliphatic carbocycles. The number of amides is 2. The number of methoxy groups -OCH3 is 1. The number of carbonyl (C=O) groups excluding carboxylic acids is 3. The summed E-state index contributed by atoms with van der Waals surface area (Å²) in [6.07, 6.45) is -8.25. The highest BCUT2D eigenvalue weighted by Gasteiger charge is 2.50. The molecule has 1 unspecified atom stereocenters. The van der Waals surface area contributed by atoms with Crippen molar-refractivity contribution >= 4 is 17.8 Å². The number of nitrogens with one attached hydrogen (secondary N) is 1. The molecule has 2 aromatic carbocycles. The van der Waals surface area contributed by atoms with Crippen LogP contribution < -0.4 is 5.32 Å². The molecule has 6 atom stereocenters. The predicted octanol–water partition coefficient (Wildman–Crippen LogP) is -1.04. The Bertz CT molecular complexity index is 1000. The van der Waals surface area contributed by atoms with Gasteiger partial charge in [-0.2, -0.15) is 0 Å². The number of hydrogen-bond acceptors (Lipinski definition) is 9. The standard InChI is InChI=1S/C24H28N2O9/c1-34-17(28)12-25-22(32)18(14-8-4-2-5-9-14)26(23(33)15-10-6-3-7-11-15)24-21(31)20(30)19(29)16(13-27)35-24/h2-11,16,18-21,24,27,29-31H,12-13H2,1H3,(H,25,32)/t16-,18?,19+,20+,21-,24-/m1/s1. The lowest BCUT2D eigenvalue weighted by atomic mass is 9.95. The van der Waals surface area contributed by atoms with Gasteiger partial charge in [-0.05, 0) is 17.7 Å². The molecular formula is C24H28N2O9. The average molecular weight is 488 g/mol. The van der Waals surface area contributed by atoms with E-state index in [1.165, 1.54) is 12.1 Å². The van der Waals surface area contributed by atoms with Crippen LogP contribution in [0.2, 0.25) is 0 Å². The van der Waals surface area contributed by atoms with Crippen molar-refractivity contribution in [3.05, 3.63) is 71.8 Å². The van der Waals surface area contributed by atoms with Crippen LogP contribution in [0.1, 0.15) is 22.0 Å². The van der Waals surface area contributed by atoms with Crippen molar-refractivity contribution in [3.8, 4) is 0 Å². The zero-order valence-corrected chi connectivity index (χ0v) is 18.9. The number of esters is 1. The Morgan fingerprint density at radius 2 is 1.57 bits per heavy atom. The van der Waals surface area contributed by atoms with Gasteiger partial charge >= 0.3 is 5.97 Å². The highest BCUT2D eigenvalue weighted by Crippen LogP contribution is 2.32. The molecule has 3 rings (SSSR count). The highest BCUT2D eigenvalue weighted by molar-refractivity contribution is 5.98. The Balaban J connectivity index is 2.12. The van der Waals surface area contributed by atoms with Crippen molar-refractivity contribution in [3.63, 3.8) is 0 Å². The number of aliphatic hydroxyl groups is 4. The fourth-order valence-electron chi connectivity index (χ4n) is 3.82. The summed E-state index contributed by atoms with van der Waals surface area (Å²) < 4.78 is 10.2. The molecule has 0 bridgehead atoms. The molecule has 2 amide bonds. The lowest BCUT2D eigenvalue weighted by molar-refractivity contribution is -0.261. The molecule has 188 valence electrons. The van der Waals surface area contributed by atoms with Crippen LogP contribution in [0.15, 0.2) is 60.7 Å². The SMILES string of the molecule is COC(=O)CNC(=O)C(c1ccccc1)N(C(=O)c1ccccc1)[C@@H]1O[C@H](CO)[C@H](O)[C@H](O)[C@H]1O. The van der Waals surface area contributed by atoms with Gasteiger partial charge in [0.15, 0.2) is 6.23 Å². The lowest BCUT2D eigenvalue weighted by Crippen LogP contribution is -2.65. The molecule has 0 spiro atoms. The second-order valence-electron chi connectivity index (χ2n) is 7.91. The molecule has 1 heterocycles. The van der Waals surface area contributed by atoms with Crippen LogP contribution in [-0.4, -0.2) is 94.0 Å². The Kier molecular flexibility index (Phi) is 8.90. The molecule has 1 aliphatic rings. The van der Waals surface area contributed by atoms with E-state index in [4.69, 9.17) is 4.74 Å². The van der Waals surface area contributed by atoms with Crippen molar-refractivity contribution in [1.82, 2.24) is 10.2 Å². The van der Waals surface area contributed by atoms with Gasteiger partial charge in [0.05, 0.1) is 13.7 Å². The molecule has 11 nitrogen and oxygen atoms in total. The summed E-state index contributed by atoms with van der Waals surface area (Å²) in [5.41, 5.74) is 0.460. The summed E-state index contributed by atoms with van der Waals surface area (Å²) in [5, 5.41) is 43.5. The third-order valence-corrected chi connectivity index (χ3v) is 5.67. The first-order valence-electron chi connectivity index (χ1n) is 10.9. The number of aliphatic hydroxyl groups excluding tert-OH is 4. The van der Waals surface area contributed by atoms with Crippen molar-refractivity contribution in [2.75, 3.05) is 20.3 Å². The maximum absolute atomic E-state index is 13.7. The lowest BCUT2D eigenvalue weighted by Gasteiger charge is -2.46. The fourth-order valence-corrected chi connectivity index (χ4v) is 3.82. The third kappa shape index (κ3) is 5.84. The van der Waals surface area contributed by atoms with Crippen molar-refractivity contribution in [2.24, 2.45) is 0 Å². The van der Waals surface area contributed by atoms with Gasteiger partial charge in [-0.3, -0.25) is 19.3 Å². The minimum absolute atomic E-state index is 0.145. The zero-order valence-electron chi connectivity index (χ0n) is 18.9. The Morgan fingerprint density at radius 3 is 2.14 bits per heavy atom. The van der Waals surface area contributed by atoms with Crippen LogP contribution in [-0.2, 0) is 19.1 Å². The molecule has 1 aliphatic heterocycles. The number of rotatable bonds is 8. The van der Waals surface area contributed by atoms with E-state index in [1.54, 1.807) is 48.5 Å². The highest BCUT2D eigenvalue weighted by atomic mass is 16.6. The number of hydrogen-bond donors (Lipinski definition) is 5. The summed E-state index contributed by atoms with van der Waals surface area (Å²) in [6, 6.07) is 14.5. The van der Waals surface area contributed by atoms with Crippen LogP contribution in [0, 0.1) is 0 Å². The van der Waals surface area contributed by atoms with E-state index < -0.39 is 67.6 Å². The predicted molar refractivity (Wildman–Crippen MR) is 121 cm³/mol. The van der Waals surface area contributed by atoms with E-state index in [2.05, 4.69) is 10.1 Å². The van der Waals surface area contributed by atoms with Crippen LogP contribution >= 0.6 is 0 Å². The van der Waals surface area contributed by atoms with Gasteiger partial charge in [0, 0.05) is 5.56 Å². The molecule has 11 heteroatoms.